The number of pyridine rings is 1. The fourth-order valence-corrected chi connectivity index (χ4v) is 3.26. The Balaban J connectivity index is 0.000000360. The third-order valence-electron chi connectivity index (χ3n) is 4.87. The number of hydrogen-bond donors (Lipinski definition) is 3. The highest BCUT2D eigenvalue weighted by Gasteiger charge is 2.38. The molecule has 0 aliphatic carbocycles. The molecule has 0 bridgehead atoms. The van der Waals surface area contributed by atoms with Crippen molar-refractivity contribution in [2.45, 2.75) is 18.2 Å². The number of rotatable bonds is 3. The lowest BCUT2D eigenvalue weighted by atomic mass is 9.90. The van der Waals surface area contributed by atoms with E-state index in [0.717, 1.165) is 23.4 Å². The van der Waals surface area contributed by atoms with Gasteiger partial charge in [-0.25, -0.2) is 14.2 Å². The number of nitrogens with one attached hydrogen (secondary N) is 1. The summed E-state index contributed by atoms with van der Waals surface area (Å²) in [5.74, 6) is -3.04. The van der Waals surface area contributed by atoms with Gasteiger partial charge in [-0.1, -0.05) is 6.07 Å². The van der Waals surface area contributed by atoms with E-state index in [1.807, 2.05) is 31.4 Å². The molecule has 0 spiro atoms. The summed E-state index contributed by atoms with van der Waals surface area (Å²) in [6.45, 7) is 1.25. The number of aliphatic carboxylic acids is 1. The van der Waals surface area contributed by atoms with Crippen LogP contribution in [-0.4, -0.2) is 50.2 Å². The number of β-amino-alcohol motifs (C(OH)–C–C–N with tert-alkyl or cyclic N) is 1. The third kappa shape index (κ3) is 5.29. The van der Waals surface area contributed by atoms with Crippen LogP contribution in [0.5, 0.6) is 0 Å². The lowest BCUT2D eigenvalue weighted by Crippen LogP contribution is -2.29. The van der Waals surface area contributed by atoms with E-state index in [9.17, 15) is 22.7 Å². The molecule has 1 saturated heterocycles. The fraction of sp³-hybridized carbons (Fsp3) is 0.286. The predicted octanol–water partition coefficient (Wildman–Crippen LogP) is 3.10. The summed E-state index contributed by atoms with van der Waals surface area (Å²) < 4.78 is 46.6. The molecule has 32 heavy (non-hydrogen) atoms. The first-order valence-electron chi connectivity index (χ1n) is 9.50. The van der Waals surface area contributed by atoms with Crippen molar-refractivity contribution in [3.8, 4) is 22.6 Å². The second-order valence-electron chi connectivity index (χ2n) is 7.24. The minimum Gasteiger partial charge on any atom is -0.475 e. The first kappa shape index (κ1) is 23.4. The number of hydrogen-bond acceptors (Lipinski definition) is 5. The maximum absolute atomic E-state index is 13.2. The molecule has 170 valence electrons. The summed E-state index contributed by atoms with van der Waals surface area (Å²) in [7, 11) is 1.85. The summed E-state index contributed by atoms with van der Waals surface area (Å²) in [5.41, 5.74) is 2.72. The number of aromatic nitrogens is 3. The normalized spacial score (nSPS) is 18.2. The minimum absolute atomic E-state index is 0.281. The molecule has 1 unspecified atom stereocenters. The van der Waals surface area contributed by atoms with E-state index < -0.39 is 17.7 Å². The summed E-state index contributed by atoms with van der Waals surface area (Å²) in [6.07, 6.45) is -2.60. The van der Waals surface area contributed by atoms with Crippen LogP contribution >= 0.6 is 0 Å². The van der Waals surface area contributed by atoms with Crippen LogP contribution in [0.15, 0.2) is 48.7 Å². The number of aryl methyl sites for hydroxylation is 1. The summed E-state index contributed by atoms with van der Waals surface area (Å²) in [4.78, 5) is 13.7. The number of aliphatic hydroxyl groups is 1. The number of alkyl halides is 3. The zero-order valence-electron chi connectivity index (χ0n) is 16.9. The van der Waals surface area contributed by atoms with Crippen molar-refractivity contribution in [1.29, 1.82) is 0 Å². The molecule has 3 N–H and O–H groups in total. The van der Waals surface area contributed by atoms with Crippen LogP contribution in [0.1, 0.15) is 12.0 Å². The van der Waals surface area contributed by atoms with E-state index in [2.05, 4.69) is 10.4 Å². The van der Waals surface area contributed by atoms with Gasteiger partial charge in [-0.05, 0) is 49.4 Å². The Morgan fingerprint density at radius 3 is 2.28 bits per heavy atom. The molecule has 2 aromatic heterocycles. The van der Waals surface area contributed by atoms with Crippen LogP contribution in [0.25, 0.3) is 22.6 Å². The van der Waals surface area contributed by atoms with Gasteiger partial charge in [-0.15, -0.1) is 0 Å². The van der Waals surface area contributed by atoms with Crippen LogP contribution in [0.2, 0.25) is 0 Å². The van der Waals surface area contributed by atoms with E-state index in [-0.39, 0.29) is 5.82 Å². The number of halogens is 4. The van der Waals surface area contributed by atoms with Crippen molar-refractivity contribution < 1.29 is 32.6 Å². The Morgan fingerprint density at radius 2 is 1.78 bits per heavy atom. The van der Waals surface area contributed by atoms with Crippen LogP contribution in [0.4, 0.5) is 17.6 Å². The zero-order chi connectivity index (χ0) is 23.5. The lowest BCUT2D eigenvalue weighted by molar-refractivity contribution is -0.192. The number of carbonyl (C=O) groups is 1. The topological polar surface area (TPSA) is 100 Å². The molecule has 1 fully saturated rings. The Bertz CT molecular complexity index is 1090. The second-order valence-corrected chi connectivity index (χ2v) is 7.24. The maximum Gasteiger partial charge on any atom is 0.490 e. The molecule has 3 heterocycles. The molecule has 7 nitrogen and oxygen atoms in total. The SMILES string of the molecule is Cn1ccc(-c2nc(-c3ccc(F)cc3)ccc2C2(O)CCNC2)n1.O=C(O)C(F)(F)F. The quantitative estimate of drug-likeness (QED) is 0.528. The molecule has 3 aromatic rings. The van der Waals surface area contributed by atoms with Gasteiger partial charge < -0.3 is 15.5 Å². The molecule has 1 atom stereocenters. The van der Waals surface area contributed by atoms with E-state index in [1.165, 1.54) is 12.1 Å². The second kappa shape index (κ2) is 9.05. The van der Waals surface area contributed by atoms with Gasteiger partial charge in [0.1, 0.15) is 17.1 Å². The highest BCUT2D eigenvalue weighted by molar-refractivity contribution is 5.73. The Hall–Kier alpha value is -3.31. The van der Waals surface area contributed by atoms with Crippen molar-refractivity contribution in [3.63, 3.8) is 0 Å². The molecule has 0 radical (unpaired) electrons. The number of nitrogens with zero attached hydrogens (tertiary/aromatic N) is 3. The van der Waals surface area contributed by atoms with E-state index in [1.54, 1.807) is 16.8 Å². The third-order valence-corrected chi connectivity index (χ3v) is 4.87. The highest BCUT2D eigenvalue weighted by atomic mass is 19.4. The average molecular weight is 452 g/mol. The van der Waals surface area contributed by atoms with E-state index in [4.69, 9.17) is 14.9 Å². The first-order chi connectivity index (χ1) is 15.0. The van der Waals surface area contributed by atoms with Crippen LogP contribution < -0.4 is 5.32 Å². The number of benzene rings is 1. The smallest absolute Gasteiger partial charge is 0.475 e. The van der Waals surface area contributed by atoms with E-state index >= 15 is 0 Å². The van der Waals surface area contributed by atoms with Crippen molar-refractivity contribution in [2.75, 3.05) is 13.1 Å². The van der Waals surface area contributed by atoms with Crippen molar-refractivity contribution in [1.82, 2.24) is 20.1 Å². The zero-order valence-corrected chi connectivity index (χ0v) is 16.9. The molecule has 4 rings (SSSR count). The molecular weight excluding hydrogens is 432 g/mol. The predicted molar refractivity (Wildman–Crippen MR) is 107 cm³/mol. The summed E-state index contributed by atoms with van der Waals surface area (Å²) >= 11 is 0. The van der Waals surface area contributed by atoms with Crippen LogP contribution in [0.3, 0.4) is 0 Å². The van der Waals surface area contributed by atoms with Crippen LogP contribution in [0, 0.1) is 5.82 Å². The molecule has 1 aliphatic rings. The molecule has 11 heteroatoms. The van der Waals surface area contributed by atoms with Gasteiger partial charge in [0.15, 0.2) is 0 Å². The molecule has 0 amide bonds. The van der Waals surface area contributed by atoms with Crippen LogP contribution in [-0.2, 0) is 17.4 Å². The van der Waals surface area contributed by atoms with Crippen molar-refractivity contribution in [3.05, 3.63) is 60.0 Å². The van der Waals surface area contributed by atoms with E-state index in [0.29, 0.717) is 24.4 Å². The fourth-order valence-electron chi connectivity index (χ4n) is 3.26. The summed E-state index contributed by atoms with van der Waals surface area (Å²) in [5, 5.41) is 25.8. The molecule has 0 saturated carbocycles. The monoisotopic (exact) mass is 452 g/mol. The Labute approximate surface area is 180 Å². The van der Waals surface area contributed by atoms with Gasteiger partial charge in [0.2, 0.25) is 0 Å². The lowest BCUT2D eigenvalue weighted by Gasteiger charge is -2.24. The standard InChI is InChI=1S/C19H19FN4O.C2HF3O2/c1-24-11-8-17(23-24)18-15(19(25)9-10-21-12-19)6-7-16(22-18)13-2-4-14(20)5-3-13;3-2(4,5)1(6)7/h2-8,11,21,25H,9-10,12H2,1H3;(H,6,7). The van der Waals surface area contributed by atoms with Gasteiger partial charge in [0, 0.05) is 30.9 Å². The average Bonchev–Trinajstić information content (AvgIpc) is 3.37. The minimum atomic E-state index is -5.08. The van der Waals surface area contributed by atoms with Gasteiger partial charge in [-0.3, -0.25) is 4.68 Å². The largest absolute Gasteiger partial charge is 0.490 e. The van der Waals surface area contributed by atoms with Gasteiger partial charge in [0.05, 0.1) is 11.4 Å². The van der Waals surface area contributed by atoms with Gasteiger partial charge in [0.25, 0.3) is 0 Å². The molecular formula is C21H20F4N4O3. The highest BCUT2D eigenvalue weighted by Crippen LogP contribution is 2.35. The summed E-state index contributed by atoms with van der Waals surface area (Å²) in [6, 6.07) is 11.9. The number of carboxylic acids is 1. The Kier molecular flexibility index (Phi) is 6.60. The van der Waals surface area contributed by atoms with Crippen molar-refractivity contribution in [2.24, 2.45) is 7.05 Å². The molecule has 1 aliphatic heterocycles. The van der Waals surface area contributed by atoms with Crippen molar-refractivity contribution >= 4 is 5.97 Å². The van der Waals surface area contributed by atoms with Gasteiger partial charge >= 0.3 is 12.1 Å². The number of carboxylic acid groups (broad SMARTS) is 1. The first-order valence-corrected chi connectivity index (χ1v) is 9.50. The Morgan fingerprint density at radius 1 is 1.12 bits per heavy atom. The molecule has 1 aromatic carbocycles. The maximum atomic E-state index is 13.2. The van der Waals surface area contributed by atoms with Gasteiger partial charge in [-0.2, -0.15) is 18.3 Å².